The second-order valence-electron chi connectivity index (χ2n) is 4.89. The highest BCUT2D eigenvalue weighted by atomic mass is 35.5. The zero-order chi connectivity index (χ0) is 16.8. The predicted molar refractivity (Wildman–Crippen MR) is 76.7 cm³/mol. The molecule has 0 bridgehead atoms. The Balaban J connectivity index is 1.84. The molecule has 1 atom stereocenters. The van der Waals surface area contributed by atoms with Crippen molar-refractivity contribution < 1.29 is 28.1 Å². The largest absolute Gasteiger partial charge is 0.619 e. The molecule has 0 amide bonds. The van der Waals surface area contributed by atoms with Crippen molar-refractivity contribution in [2.24, 2.45) is 0 Å². The number of alkyl halides is 2. The van der Waals surface area contributed by atoms with Gasteiger partial charge in [0.1, 0.15) is 10.0 Å². The standard InChI is InChI=1S/C14H9Cl2F2NO4/c15-9-5-19(21)6-10(16)8(9)4-11(20)7-1-2-12-13(3-7)23-14(17,18)22-12/h1-3,5-6,11,20H,4H2. The summed E-state index contributed by atoms with van der Waals surface area (Å²) in [7, 11) is 0. The Kier molecular flexibility index (Phi) is 3.95. The van der Waals surface area contributed by atoms with E-state index in [2.05, 4.69) is 9.47 Å². The lowest BCUT2D eigenvalue weighted by Gasteiger charge is -2.13. The van der Waals surface area contributed by atoms with Crippen LogP contribution in [0.4, 0.5) is 8.78 Å². The number of aliphatic hydroxyl groups excluding tert-OH is 1. The smallest absolute Gasteiger partial charge is 0.586 e. The van der Waals surface area contributed by atoms with Crippen molar-refractivity contribution in [1.82, 2.24) is 0 Å². The first-order chi connectivity index (χ1) is 10.7. The zero-order valence-corrected chi connectivity index (χ0v) is 12.8. The molecule has 0 fully saturated rings. The average molecular weight is 364 g/mol. The quantitative estimate of drug-likeness (QED) is 0.671. The molecule has 1 aromatic carbocycles. The summed E-state index contributed by atoms with van der Waals surface area (Å²) in [5.74, 6) is -0.289. The van der Waals surface area contributed by atoms with Crippen molar-refractivity contribution in [2.75, 3.05) is 0 Å². The number of halogens is 4. The maximum atomic E-state index is 13.0. The number of aliphatic hydroxyl groups is 1. The third kappa shape index (κ3) is 3.26. The highest BCUT2D eigenvalue weighted by Gasteiger charge is 2.43. The summed E-state index contributed by atoms with van der Waals surface area (Å²) in [5, 5.41) is 21.7. The minimum absolute atomic E-state index is 0.00541. The van der Waals surface area contributed by atoms with Gasteiger partial charge in [-0.1, -0.05) is 29.3 Å². The fraction of sp³-hybridized carbons (Fsp3) is 0.214. The molecule has 9 heteroatoms. The second-order valence-corrected chi connectivity index (χ2v) is 5.70. The first-order valence-corrected chi connectivity index (χ1v) is 7.15. The summed E-state index contributed by atoms with van der Waals surface area (Å²) in [6.07, 6.45) is -2.60. The van der Waals surface area contributed by atoms with E-state index in [0.29, 0.717) is 15.9 Å². The van der Waals surface area contributed by atoms with Crippen LogP contribution in [0.15, 0.2) is 30.6 Å². The average Bonchev–Trinajstić information content (AvgIpc) is 2.75. The molecule has 0 saturated carbocycles. The molecule has 0 spiro atoms. The molecule has 0 radical (unpaired) electrons. The molecule has 1 aliphatic rings. The predicted octanol–water partition coefficient (Wildman–Crippen LogP) is 3.22. The Hall–Kier alpha value is -1.83. The first kappa shape index (κ1) is 16.0. The summed E-state index contributed by atoms with van der Waals surface area (Å²) in [5.41, 5.74) is 0.687. The van der Waals surface area contributed by atoms with Crippen LogP contribution < -0.4 is 14.2 Å². The van der Waals surface area contributed by atoms with Crippen LogP contribution in [0.2, 0.25) is 10.0 Å². The minimum atomic E-state index is -3.72. The van der Waals surface area contributed by atoms with Crippen molar-refractivity contribution in [1.29, 1.82) is 0 Å². The number of hydrogen-bond donors (Lipinski definition) is 1. The first-order valence-electron chi connectivity index (χ1n) is 6.40. The van der Waals surface area contributed by atoms with Crippen molar-refractivity contribution in [3.8, 4) is 11.5 Å². The molecular formula is C14H9Cl2F2NO4. The van der Waals surface area contributed by atoms with Crippen LogP contribution in [0.3, 0.4) is 0 Å². The monoisotopic (exact) mass is 363 g/mol. The lowest BCUT2D eigenvalue weighted by Crippen LogP contribution is -2.25. The van der Waals surface area contributed by atoms with E-state index < -0.39 is 12.4 Å². The molecule has 1 aliphatic heterocycles. The fourth-order valence-corrected chi connectivity index (χ4v) is 2.81. The van der Waals surface area contributed by atoms with E-state index in [0.717, 1.165) is 12.4 Å². The number of ether oxygens (including phenoxy) is 2. The molecule has 1 N–H and O–H groups in total. The van der Waals surface area contributed by atoms with Crippen molar-refractivity contribution in [3.63, 3.8) is 0 Å². The highest BCUT2D eigenvalue weighted by Crippen LogP contribution is 2.42. The Morgan fingerprint density at radius 3 is 2.43 bits per heavy atom. The molecule has 2 aromatic rings. The third-order valence-corrected chi connectivity index (χ3v) is 3.92. The Morgan fingerprint density at radius 2 is 1.78 bits per heavy atom. The van der Waals surface area contributed by atoms with Crippen molar-refractivity contribution >= 4 is 23.2 Å². The van der Waals surface area contributed by atoms with Crippen LogP contribution in [0.25, 0.3) is 0 Å². The van der Waals surface area contributed by atoms with E-state index in [1.54, 1.807) is 0 Å². The minimum Gasteiger partial charge on any atom is -0.619 e. The van der Waals surface area contributed by atoms with Crippen LogP contribution >= 0.6 is 23.2 Å². The molecule has 0 aliphatic carbocycles. The molecule has 0 saturated heterocycles. The van der Waals surface area contributed by atoms with Crippen LogP contribution in [0, 0.1) is 5.21 Å². The third-order valence-electron chi connectivity index (χ3n) is 3.27. The fourth-order valence-electron chi connectivity index (χ4n) is 2.21. The molecular weight excluding hydrogens is 355 g/mol. The summed E-state index contributed by atoms with van der Waals surface area (Å²) < 4.78 is 35.0. The Bertz CT molecular complexity index is 749. The number of rotatable bonds is 3. The number of nitrogens with zero attached hydrogens (tertiary/aromatic N) is 1. The van der Waals surface area contributed by atoms with Gasteiger partial charge < -0.3 is 19.8 Å². The molecule has 3 rings (SSSR count). The van der Waals surface area contributed by atoms with E-state index in [-0.39, 0.29) is 28.0 Å². The van der Waals surface area contributed by atoms with Crippen LogP contribution in [-0.4, -0.2) is 11.4 Å². The van der Waals surface area contributed by atoms with Crippen LogP contribution in [-0.2, 0) is 6.42 Å². The maximum Gasteiger partial charge on any atom is 0.586 e. The number of fused-ring (bicyclic) bond motifs is 1. The number of pyridine rings is 1. The van der Waals surface area contributed by atoms with E-state index in [1.807, 2.05) is 0 Å². The van der Waals surface area contributed by atoms with Gasteiger partial charge in [0.15, 0.2) is 23.9 Å². The molecule has 5 nitrogen and oxygen atoms in total. The number of benzene rings is 1. The lowest BCUT2D eigenvalue weighted by molar-refractivity contribution is -0.605. The molecule has 1 aromatic heterocycles. The van der Waals surface area contributed by atoms with Gasteiger partial charge in [-0.25, -0.2) is 0 Å². The van der Waals surface area contributed by atoms with Crippen LogP contribution in [0.1, 0.15) is 17.2 Å². The SMILES string of the molecule is [O-][n+]1cc(Cl)c(CC(O)c2ccc3c(c2)OC(F)(F)O3)c(Cl)c1. The van der Waals surface area contributed by atoms with Gasteiger partial charge >= 0.3 is 6.29 Å². The normalized spacial score (nSPS) is 16.4. The zero-order valence-electron chi connectivity index (χ0n) is 11.3. The summed E-state index contributed by atoms with van der Waals surface area (Å²) in [4.78, 5) is 0. The number of aromatic nitrogens is 1. The molecule has 23 heavy (non-hydrogen) atoms. The van der Waals surface area contributed by atoms with Gasteiger partial charge in [0, 0.05) is 12.0 Å². The summed E-state index contributed by atoms with van der Waals surface area (Å²) >= 11 is 11.9. The van der Waals surface area contributed by atoms with Gasteiger partial charge in [0.25, 0.3) is 0 Å². The van der Waals surface area contributed by atoms with E-state index in [9.17, 15) is 19.1 Å². The van der Waals surface area contributed by atoms with Crippen molar-refractivity contribution in [2.45, 2.75) is 18.8 Å². The van der Waals surface area contributed by atoms with E-state index in [1.165, 1.54) is 18.2 Å². The maximum absolute atomic E-state index is 13.0. The molecule has 1 unspecified atom stereocenters. The second kappa shape index (κ2) is 5.67. The van der Waals surface area contributed by atoms with Gasteiger partial charge in [-0.15, -0.1) is 8.78 Å². The molecule has 2 heterocycles. The van der Waals surface area contributed by atoms with E-state index >= 15 is 0 Å². The highest BCUT2D eigenvalue weighted by molar-refractivity contribution is 6.35. The van der Waals surface area contributed by atoms with Gasteiger partial charge in [-0.05, 0) is 17.7 Å². The summed E-state index contributed by atoms with van der Waals surface area (Å²) in [6.45, 7) is 0. The Labute approximate surface area is 139 Å². The number of hydrogen-bond acceptors (Lipinski definition) is 4. The summed E-state index contributed by atoms with van der Waals surface area (Å²) in [6, 6.07) is 3.95. The topological polar surface area (TPSA) is 65.6 Å². The van der Waals surface area contributed by atoms with Crippen LogP contribution in [0.5, 0.6) is 11.5 Å². The van der Waals surface area contributed by atoms with Gasteiger partial charge in [0.2, 0.25) is 0 Å². The lowest BCUT2D eigenvalue weighted by atomic mass is 10.0. The Morgan fingerprint density at radius 1 is 1.17 bits per heavy atom. The van der Waals surface area contributed by atoms with E-state index in [4.69, 9.17) is 23.2 Å². The molecule has 122 valence electrons. The van der Waals surface area contributed by atoms with Gasteiger partial charge in [-0.3, -0.25) is 0 Å². The van der Waals surface area contributed by atoms with Gasteiger partial charge in [0.05, 0.1) is 6.10 Å². The van der Waals surface area contributed by atoms with Crippen molar-refractivity contribution in [3.05, 3.63) is 57.0 Å². The van der Waals surface area contributed by atoms with Gasteiger partial charge in [-0.2, -0.15) is 4.73 Å².